The smallest absolute Gasteiger partial charge is 0.253 e. The summed E-state index contributed by atoms with van der Waals surface area (Å²) >= 11 is 0. The fraction of sp³-hybridized carbons (Fsp3) is 0.538. The van der Waals surface area contributed by atoms with Crippen LogP contribution in [-0.4, -0.2) is 24.0 Å². The van der Waals surface area contributed by atoms with Gasteiger partial charge in [0, 0.05) is 12.2 Å². The molecule has 0 saturated heterocycles. The van der Waals surface area contributed by atoms with E-state index in [-0.39, 0.29) is 11.3 Å². The van der Waals surface area contributed by atoms with E-state index in [9.17, 15) is 4.79 Å². The molecule has 0 atom stereocenters. The molecule has 4 heteroatoms. The van der Waals surface area contributed by atoms with Crippen molar-refractivity contribution in [3.63, 3.8) is 0 Å². The first kappa shape index (κ1) is 13.6. The SMILES string of the molecule is Cc1ccc(C(=O)NCC(C)(C)CN)c(C)n1. The van der Waals surface area contributed by atoms with Crippen molar-refractivity contribution in [1.29, 1.82) is 0 Å². The maximum absolute atomic E-state index is 11.9. The number of nitrogens with two attached hydrogens (primary N) is 1. The van der Waals surface area contributed by atoms with Gasteiger partial charge in [-0.3, -0.25) is 9.78 Å². The normalized spacial score (nSPS) is 11.4. The minimum absolute atomic E-state index is 0.0817. The minimum atomic E-state index is -0.0866. The van der Waals surface area contributed by atoms with Gasteiger partial charge in [0.15, 0.2) is 0 Å². The second-order valence-electron chi connectivity index (χ2n) is 5.14. The predicted molar refractivity (Wildman–Crippen MR) is 68.9 cm³/mol. The summed E-state index contributed by atoms with van der Waals surface area (Å²) in [5, 5.41) is 2.89. The summed E-state index contributed by atoms with van der Waals surface area (Å²) in [6, 6.07) is 3.65. The van der Waals surface area contributed by atoms with Crippen LogP contribution in [-0.2, 0) is 0 Å². The Kier molecular flexibility index (Phi) is 4.23. The Labute approximate surface area is 103 Å². The van der Waals surface area contributed by atoms with E-state index in [1.807, 2.05) is 39.8 Å². The van der Waals surface area contributed by atoms with Crippen LogP contribution in [0.15, 0.2) is 12.1 Å². The highest BCUT2D eigenvalue weighted by Gasteiger charge is 2.18. The summed E-state index contributed by atoms with van der Waals surface area (Å²) in [4.78, 5) is 16.2. The minimum Gasteiger partial charge on any atom is -0.351 e. The third kappa shape index (κ3) is 3.82. The number of nitrogens with zero attached hydrogens (tertiary/aromatic N) is 1. The van der Waals surface area contributed by atoms with Gasteiger partial charge in [-0.2, -0.15) is 0 Å². The maximum atomic E-state index is 11.9. The molecule has 0 aliphatic heterocycles. The number of carbonyl (C=O) groups is 1. The molecule has 1 aromatic rings. The topological polar surface area (TPSA) is 68.0 Å². The molecular formula is C13H21N3O. The zero-order valence-electron chi connectivity index (χ0n) is 11.0. The van der Waals surface area contributed by atoms with Gasteiger partial charge in [-0.15, -0.1) is 0 Å². The van der Waals surface area contributed by atoms with E-state index in [0.29, 0.717) is 18.7 Å². The number of hydrogen-bond acceptors (Lipinski definition) is 3. The van der Waals surface area contributed by atoms with Crippen LogP contribution in [0.5, 0.6) is 0 Å². The van der Waals surface area contributed by atoms with Crippen LogP contribution in [0.25, 0.3) is 0 Å². The highest BCUT2D eigenvalue weighted by atomic mass is 16.1. The van der Waals surface area contributed by atoms with E-state index >= 15 is 0 Å². The van der Waals surface area contributed by atoms with Crippen molar-refractivity contribution < 1.29 is 4.79 Å². The summed E-state index contributed by atoms with van der Waals surface area (Å²) in [7, 11) is 0. The Morgan fingerprint density at radius 3 is 2.59 bits per heavy atom. The van der Waals surface area contributed by atoms with Crippen molar-refractivity contribution in [1.82, 2.24) is 10.3 Å². The van der Waals surface area contributed by atoms with Gasteiger partial charge in [-0.25, -0.2) is 0 Å². The van der Waals surface area contributed by atoms with Crippen LogP contribution in [0.4, 0.5) is 0 Å². The monoisotopic (exact) mass is 235 g/mol. The van der Waals surface area contributed by atoms with Crippen molar-refractivity contribution in [2.75, 3.05) is 13.1 Å². The maximum Gasteiger partial charge on any atom is 0.253 e. The molecule has 1 aromatic heterocycles. The van der Waals surface area contributed by atoms with Crippen LogP contribution in [0, 0.1) is 19.3 Å². The number of hydrogen-bond donors (Lipinski definition) is 2. The zero-order chi connectivity index (χ0) is 13.1. The first-order chi connectivity index (χ1) is 7.85. The molecule has 0 radical (unpaired) electrons. The number of rotatable bonds is 4. The highest BCUT2D eigenvalue weighted by Crippen LogP contribution is 2.11. The molecular weight excluding hydrogens is 214 g/mol. The molecule has 4 nitrogen and oxygen atoms in total. The van der Waals surface area contributed by atoms with Crippen LogP contribution in [0.1, 0.15) is 35.6 Å². The fourth-order valence-electron chi connectivity index (χ4n) is 1.41. The largest absolute Gasteiger partial charge is 0.351 e. The molecule has 1 rings (SSSR count). The van der Waals surface area contributed by atoms with Crippen LogP contribution in [0.3, 0.4) is 0 Å². The average Bonchev–Trinajstić information content (AvgIpc) is 2.26. The van der Waals surface area contributed by atoms with E-state index < -0.39 is 0 Å². The lowest BCUT2D eigenvalue weighted by Crippen LogP contribution is -2.38. The number of aromatic nitrogens is 1. The van der Waals surface area contributed by atoms with E-state index in [1.165, 1.54) is 0 Å². The van der Waals surface area contributed by atoms with Crippen molar-refractivity contribution in [2.45, 2.75) is 27.7 Å². The molecule has 17 heavy (non-hydrogen) atoms. The molecule has 94 valence electrons. The molecule has 0 saturated carbocycles. The summed E-state index contributed by atoms with van der Waals surface area (Å²) in [6.45, 7) is 8.90. The first-order valence-electron chi connectivity index (χ1n) is 5.78. The van der Waals surface area contributed by atoms with Crippen LogP contribution >= 0.6 is 0 Å². The lowest BCUT2D eigenvalue weighted by atomic mass is 9.94. The van der Waals surface area contributed by atoms with Gasteiger partial charge in [0.1, 0.15) is 0 Å². The van der Waals surface area contributed by atoms with Gasteiger partial charge in [0.25, 0.3) is 5.91 Å². The molecule has 1 amide bonds. The summed E-state index contributed by atoms with van der Waals surface area (Å²) in [6.07, 6.45) is 0. The second kappa shape index (κ2) is 5.27. The van der Waals surface area contributed by atoms with Gasteiger partial charge < -0.3 is 11.1 Å². The Morgan fingerprint density at radius 2 is 2.06 bits per heavy atom. The zero-order valence-corrected chi connectivity index (χ0v) is 11.0. The third-order valence-electron chi connectivity index (χ3n) is 2.75. The van der Waals surface area contributed by atoms with Crippen LogP contribution in [0.2, 0.25) is 0 Å². The fourth-order valence-corrected chi connectivity index (χ4v) is 1.41. The van der Waals surface area contributed by atoms with E-state index in [4.69, 9.17) is 5.73 Å². The predicted octanol–water partition coefficient (Wildman–Crippen LogP) is 1.41. The molecule has 0 fully saturated rings. The van der Waals surface area contributed by atoms with Crippen molar-refractivity contribution in [3.05, 3.63) is 29.1 Å². The Hall–Kier alpha value is -1.42. The standard InChI is InChI=1S/C13H21N3O/c1-9-5-6-11(10(2)16-9)12(17)15-8-13(3,4)7-14/h5-6H,7-8,14H2,1-4H3,(H,15,17). The van der Waals surface area contributed by atoms with E-state index in [1.54, 1.807) is 0 Å². The number of amides is 1. The van der Waals surface area contributed by atoms with Gasteiger partial charge >= 0.3 is 0 Å². The number of aryl methyl sites for hydroxylation is 2. The molecule has 0 spiro atoms. The second-order valence-corrected chi connectivity index (χ2v) is 5.14. The lowest BCUT2D eigenvalue weighted by Gasteiger charge is -2.22. The van der Waals surface area contributed by atoms with E-state index in [0.717, 1.165) is 11.4 Å². The first-order valence-corrected chi connectivity index (χ1v) is 5.78. The van der Waals surface area contributed by atoms with Crippen LogP contribution < -0.4 is 11.1 Å². The van der Waals surface area contributed by atoms with Crippen molar-refractivity contribution >= 4 is 5.91 Å². The Morgan fingerprint density at radius 1 is 1.41 bits per heavy atom. The number of pyridine rings is 1. The molecule has 0 aliphatic carbocycles. The van der Waals surface area contributed by atoms with Gasteiger partial charge in [0.05, 0.1) is 11.3 Å². The van der Waals surface area contributed by atoms with Crippen molar-refractivity contribution in [3.8, 4) is 0 Å². The average molecular weight is 235 g/mol. The molecule has 0 aromatic carbocycles. The summed E-state index contributed by atoms with van der Waals surface area (Å²) in [5.41, 5.74) is 7.84. The Bertz CT molecular complexity index is 413. The third-order valence-corrected chi connectivity index (χ3v) is 2.75. The lowest BCUT2D eigenvalue weighted by molar-refractivity contribution is 0.0937. The van der Waals surface area contributed by atoms with Gasteiger partial charge in [0.2, 0.25) is 0 Å². The molecule has 3 N–H and O–H groups in total. The van der Waals surface area contributed by atoms with Crippen molar-refractivity contribution in [2.24, 2.45) is 11.1 Å². The van der Waals surface area contributed by atoms with E-state index in [2.05, 4.69) is 10.3 Å². The molecule has 0 aliphatic rings. The van der Waals surface area contributed by atoms with Gasteiger partial charge in [-0.1, -0.05) is 13.8 Å². The number of nitrogens with one attached hydrogen (secondary N) is 1. The quantitative estimate of drug-likeness (QED) is 0.829. The number of carbonyl (C=O) groups excluding carboxylic acids is 1. The Balaban J connectivity index is 2.71. The molecule has 0 bridgehead atoms. The summed E-state index contributed by atoms with van der Waals surface area (Å²) < 4.78 is 0. The molecule has 1 heterocycles. The highest BCUT2D eigenvalue weighted by molar-refractivity contribution is 5.95. The van der Waals surface area contributed by atoms with Gasteiger partial charge in [-0.05, 0) is 37.9 Å². The summed E-state index contributed by atoms with van der Waals surface area (Å²) in [5.74, 6) is -0.0866. The molecule has 0 unspecified atom stereocenters.